The number of amides is 1. The van der Waals surface area contributed by atoms with Gasteiger partial charge in [0.2, 0.25) is 17.8 Å². The Morgan fingerprint density at radius 2 is 1.89 bits per heavy atom. The van der Waals surface area contributed by atoms with E-state index in [1.165, 1.54) is 12.1 Å². The Bertz CT molecular complexity index is 1220. The van der Waals surface area contributed by atoms with Crippen LogP contribution in [0.15, 0.2) is 18.3 Å². The summed E-state index contributed by atoms with van der Waals surface area (Å²) in [5, 5.41) is 6.81. The SMILES string of the molecule is NC(=O)[C@H]1CC[C@@H](n2c(Nc3c(Cl)cc(F)cc3Cl)nc3cnc(N[C@@H]4CCCOC4)nc32)CC1. The standard InChI is InChI=1S/C23H26Cl2FN7O2/c24-16-8-13(26)9-17(25)19(16)31-23-30-18-10-28-22(29-14-2-1-7-35-11-14)32-21(18)33(23)15-5-3-12(4-6-15)20(27)34/h8-10,12,14-15H,1-7,11H2,(H2,27,34)(H,30,31)(H,28,29,32)/t12-,14-,15+/m1/s1. The predicted molar refractivity (Wildman–Crippen MR) is 133 cm³/mol. The molecule has 1 aromatic carbocycles. The Hall–Kier alpha value is -2.69. The molecule has 2 aromatic heterocycles. The average Bonchev–Trinajstić information content (AvgIpc) is 3.19. The highest BCUT2D eigenvalue weighted by atomic mass is 35.5. The summed E-state index contributed by atoms with van der Waals surface area (Å²) in [4.78, 5) is 25.6. The van der Waals surface area contributed by atoms with Gasteiger partial charge in [-0.2, -0.15) is 4.98 Å². The van der Waals surface area contributed by atoms with E-state index in [4.69, 9.17) is 43.6 Å². The maximum absolute atomic E-state index is 13.7. The third-order valence-electron chi connectivity index (χ3n) is 6.63. The molecular weight excluding hydrogens is 496 g/mol. The number of hydrogen-bond acceptors (Lipinski definition) is 7. The van der Waals surface area contributed by atoms with E-state index in [1.54, 1.807) is 6.20 Å². The van der Waals surface area contributed by atoms with E-state index in [0.29, 0.717) is 48.2 Å². The largest absolute Gasteiger partial charge is 0.379 e. The number of benzene rings is 1. The number of aromatic nitrogens is 4. The summed E-state index contributed by atoms with van der Waals surface area (Å²) in [7, 11) is 0. The molecule has 0 radical (unpaired) electrons. The number of hydrogen-bond donors (Lipinski definition) is 3. The molecule has 5 rings (SSSR count). The summed E-state index contributed by atoms with van der Waals surface area (Å²) in [5.74, 6) is 0.00844. The minimum absolute atomic E-state index is 0.0110. The van der Waals surface area contributed by atoms with E-state index in [0.717, 1.165) is 32.3 Å². The van der Waals surface area contributed by atoms with E-state index >= 15 is 0 Å². The molecule has 1 aliphatic heterocycles. The van der Waals surface area contributed by atoms with Gasteiger partial charge in [-0.25, -0.2) is 14.4 Å². The molecule has 1 saturated carbocycles. The molecule has 12 heteroatoms. The monoisotopic (exact) mass is 521 g/mol. The van der Waals surface area contributed by atoms with E-state index in [-0.39, 0.29) is 34.0 Å². The molecule has 3 heterocycles. The number of fused-ring (bicyclic) bond motifs is 1. The maximum atomic E-state index is 13.7. The van der Waals surface area contributed by atoms with Crippen molar-refractivity contribution in [3.05, 3.63) is 34.2 Å². The van der Waals surface area contributed by atoms with Crippen molar-refractivity contribution in [1.82, 2.24) is 19.5 Å². The van der Waals surface area contributed by atoms with Crippen molar-refractivity contribution in [1.29, 1.82) is 0 Å². The minimum Gasteiger partial charge on any atom is -0.379 e. The van der Waals surface area contributed by atoms with Gasteiger partial charge in [0.1, 0.15) is 11.3 Å². The van der Waals surface area contributed by atoms with Gasteiger partial charge in [-0.05, 0) is 50.7 Å². The van der Waals surface area contributed by atoms with Crippen molar-refractivity contribution in [3.8, 4) is 0 Å². The van der Waals surface area contributed by atoms with E-state index in [2.05, 4.69) is 15.6 Å². The lowest BCUT2D eigenvalue weighted by molar-refractivity contribution is -0.122. The number of rotatable bonds is 6. The highest BCUT2D eigenvalue weighted by molar-refractivity contribution is 6.39. The molecule has 2 aliphatic rings. The van der Waals surface area contributed by atoms with Crippen LogP contribution in [0.5, 0.6) is 0 Å². The van der Waals surface area contributed by atoms with Crippen LogP contribution in [0.4, 0.5) is 22.0 Å². The van der Waals surface area contributed by atoms with Crippen molar-refractivity contribution in [3.63, 3.8) is 0 Å². The van der Waals surface area contributed by atoms with E-state index in [9.17, 15) is 9.18 Å². The molecule has 1 amide bonds. The Labute approximate surface area is 211 Å². The zero-order valence-corrected chi connectivity index (χ0v) is 20.4. The number of anilines is 3. The van der Waals surface area contributed by atoms with E-state index < -0.39 is 5.82 Å². The van der Waals surface area contributed by atoms with Gasteiger partial charge in [0.15, 0.2) is 5.65 Å². The first-order chi connectivity index (χ1) is 16.9. The number of carbonyl (C=O) groups is 1. The molecule has 9 nitrogen and oxygen atoms in total. The summed E-state index contributed by atoms with van der Waals surface area (Å²) in [6, 6.07) is 2.53. The van der Waals surface area contributed by atoms with Gasteiger partial charge in [-0.15, -0.1) is 0 Å². The smallest absolute Gasteiger partial charge is 0.225 e. The van der Waals surface area contributed by atoms with Crippen LogP contribution >= 0.6 is 23.2 Å². The highest BCUT2D eigenvalue weighted by Gasteiger charge is 2.29. The molecule has 1 aliphatic carbocycles. The molecule has 35 heavy (non-hydrogen) atoms. The van der Waals surface area contributed by atoms with Gasteiger partial charge >= 0.3 is 0 Å². The van der Waals surface area contributed by atoms with E-state index in [1.807, 2.05) is 4.57 Å². The molecule has 3 aromatic rings. The molecule has 2 fully saturated rings. The van der Waals surface area contributed by atoms with Crippen LogP contribution in [0.3, 0.4) is 0 Å². The zero-order chi connectivity index (χ0) is 24.5. The first-order valence-electron chi connectivity index (χ1n) is 11.7. The number of carbonyl (C=O) groups excluding carboxylic acids is 1. The zero-order valence-electron chi connectivity index (χ0n) is 18.9. The first-order valence-corrected chi connectivity index (χ1v) is 12.4. The van der Waals surface area contributed by atoms with Crippen LogP contribution in [0.25, 0.3) is 11.2 Å². The van der Waals surface area contributed by atoms with Crippen LogP contribution in [0.2, 0.25) is 10.0 Å². The normalized spacial score (nSPS) is 22.8. The Balaban J connectivity index is 1.52. The number of primary amides is 1. The molecule has 0 spiro atoms. The number of nitrogens with zero attached hydrogens (tertiary/aromatic N) is 4. The summed E-state index contributed by atoms with van der Waals surface area (Å²) >= 11 is 12.6. The number of nitrogens with one attached hydrogen (secondary N) is 2. The third-order valence-corrected chi connectivity index (χ3v) is 7.23. The highest BCUT2D eigenvalue weighted by Crippen LogP contribution is 2.39. The van der Waals surface area contributed by atoms with Gasteiger partial charge in [-0.1, -0.05) is 23.2 Å². The average molecular weight is 522 g/mol. The second-order valence-electron chi connectivity index (χ2n) is 9.04. The molecule has 0 unspecified atom stereocenters. The van der Waals surface area contributed by atoms with Gasteiger partial charge in [0, 0.05) is 18.6 Å². The van der Waals surface area contributed by atoms with Crippen LogP contribution < -0.4 is 16.4 Å². The molecular formula is C23H26Cl2FN7O2. The first kappa shape index (κ1) is 24.0. The summed E-state index contributed by atoms with van der Waals surface area (Å²) in [6.45, 7) is 1.37. The number of nitrogens with two attached hydrogens (primary N) is 1. The van der Waals surface area contributed by atoms with Crippen molar-refractivity contribution in [2.75, 3.05) is 23.8 Å². The second kappa shape index (κ2) is 10.1. The summed E-state index contributed by atoms with van der Waals surface area (Å²) < 4.78 is 21.3. The number of imidazole rings is 1. The van der Waals surface area contributed by atoms with Crippen LogP contribution in [-0.4, -0.2) is 44.7 Å². The van der Waals surface area contributed by atoms with Crippen LogP contribution in [-0.2, 0) is 9.53 Å². The lowest BCUT2D eigenvalue weighted by atomic mass is 9.85. The lowest BCUT2D eigenvalue weighted by Crippen LogP contribution is -2.31. The molecule has 186 valence electrons. The van der Waals surface area contributed by atoms with Crippen LogP contribution in [0, 0.1) is 11.7 Å². The van der Waals surface area contributed by atoms with Crippen molar-refractivity contribution in [2.45, 2.75) is 50.6 Å². The van der Waals surface area contributed by atoms with Crippen molar-refractivity contribution in [2.24, 2.45) is 11.7 Å². The molecule has 1 saturated heterocycles. The van der Waals surface area contributed by atoms with Gasteiger partial charge in [0.25, 0.3) is 0 Å². The maximum Gasteiger partial charge on any atom is 0.225 e. The predicted octanol–water partition coefficient (Wildman–Crippen LogP) is 4.82. The molecule has 0 bridgehead atoms. The summed E-state index contributed by atoms with van der Waals surface area (Å²) in [5.41, 5.74) is 7.11. The fraction of sp³-hybridized carbons (Fsp3) is 0.478. The fourth-order valence-electron chi connectivity index (χ4n) is 4.82. The van der Waals surface area contributed by atoms with Gasteiger partial charge < -0.3 is 21.1 Å². The van der Waals surface area contributed by atoms with Crippen LogP contribution in [0.1, 0.15) is 44.6 Å². The van der Waals surface area contributed by atoms with Crippen molar-refractivity contribution < 1.29 is 13.9 Å². The molecule has 4 N–H and O–H groups in total. The second-order valence-corrected chi connectivity index (χ2v) is 9.86. The number of halogens is 3. The topological polar surface area (TPSA) is 120 Å². The van der Waals surface area contributed by atoms with Gasteiger partial charge in [0.05, 0.1) is 34.6 Å². The lowest BCUT2D eigenvalue weighted by Gasteiger charge is -2.29. The quantitative estimate of drug-likeness (QED) is 0.425. The number of ether oxygens (including phenoxy) is 1. The summed E-state index contributed by atoms with van der Waals surface area (Å²) in [6.07, 6.45) is 6.42. The van der Waals surface area contributed by atoms with Crippen molar-refractivity contribution >= 4 is 57.9 Å². The Kier molecular flexibility index (Phi) is 6.95. The van der Waals surface area contributed by atoms with Gasteiger partial charge in [-0.3, -0.25) is 9.36 Å². The molecule has 1 atom stereocenters. The Morgan fingerprint density at radius 3 is 2.54 bits per heavy atom. The minimum atomic E-state index is -0.530. The third kappa shape index (κ3) is 5.14. The fourth-order valence-corrected chi connectivity index (χ4v) is 5.38. The Morgan fingerprint density at radius 1 is 1.14 bits per heavy atom.